The maximum absolute atomic E-state index is 11.7. The second-order valence-electron chi connectivity index (χ2n) is 16.2. The van der Waals surface area contributed by atoms with E-state index in [0.29, 0.717) is 38.0 Å². The lowest BCUT2D eigenvalue weighted by Crippen LogP contribution is -2.41. The van der Waals surface area contributed by atoms with E-state index in [0.717, 1.165) is 43.5 Å². The van der Waals surface area contributed by atoms with Gasteiger partial charge in [-0.15, -0.1) is 0 Å². The van der Waals surface area contributed by atoms with Gasteiger partial charge in [0, 0.05) is 54.3 Å². The van der Waals surface area contributed by atoms with Crippen molar-refractivity contribution < 1.29 is 28.4 Å². The number of benzene rings is 2. The molecule has 0 radical (unpaired) electrons. The van der Waals surface area contributed by atoms with E-state index in [1.807, 2.05) is 44.7 Å². The molecule has 5 fully saturated rings. The van der Waals surface area contributed by atoms with Crippen molar-refractivity contribution in [1.82, 2.24) is 29.7 Å². The first kappa shape index (κ1) is 35.4. The fraction of sp³-hybridized carbons (Fsp3) is 0.579. The number of ether oxygens (including phenoxy) is 2. The highest BCUT2D eigenvalue weighted by Gasteiger charge is 2.52. The third-order valence-corrected chi connectivity index (χ3v) is 12.1. The molecule has 14 heteroatoms. The predicted molar refractivity (Wildman–Crippen MR) is 202 cm³/mol. The number of aromatic nitrogens is 4. The first-order valence-corrected chi connectivity index (χ1v) is 19.4. The molecule has 5 heterocycles. The fourth-order valence-corrected chi connectivity index (χ4v) is 7.74. The second kappa shape index (κ2) is 13.4. The molecule has 2 aliphatic carbocycles. The molecule has 0 spiro atoms. The van der Waals surface area contributed by atoms with Crippen LogP contribution in [0.4, 0.5) is 0 Å². The number of amides is 2. The van der Waals surface area contributed by atoms with Gasteiger partial charge in [-0.25, -0.2) is 9.97 Å². The molecule has 5 aliphatic rings. The van der Waals surface area contributed by atoms with Crippen molar-refractivity contribution in [1.29, 1.82) is 0 Å². The Kier molecular flexibility index (Phi) is 9.09. The predicted octanol–water partition coefficient (Wildman–Crippen LogP) is 5.61. The SMILES string of the molecule is C[C@@H](Oc1cc(B2OC(C)(C)C(C)(C)O2)cc2ncn(C3CC3)c12)[C@H]1CNC(=O)C1.C[C@@H](Oc1cc(Br)cc2ncn(C3CC3)c12)[C@H]1CNC(=O)C1. The Balaban J connectivity index is 0.000000156. The summed E-state index contributed by atoms with van der Waals surface area (Å²) in [4.78, 5) is 32.2. The van der Waals surface area contributed by atoms with Crippen LogP contribution in [0.2, 0.25) is 0 Å². The summed E-state index contributed by atoms with van der Waals surface area (Å²) in [5.41, 5.74) is 4.00. The van der Waals surface area contributed by atoms with Crippen LogP contribution in [0.3, 0.4) is 0 Å². The average Bonchev–Trinajstić information content (AvgIpc) is 3.87. The number of hydrogen-bond acceptors (Lipinski definition) is 8. The van der Waals surface area contributed by atoms with Crippen molar-refractivity contribution in [3.63, 3.8) is 0 Å². The van der Waals surface area contributed by atoms with Gasteiger partial charge in [-0.05, 0) is 97.0 Å². The van der Waals surface area contributed by atoms with Gasteiger partial charge in [-0.3, -0.25) is 9.59 Å². The maximum Gasteiger partial charge on any atom is 0.495 e. The van der Waals surface area contributed by atoms with E-state index in [1.54, 1.807) is 0 Å². The zero-order chi connectivity index (χ0) is 36.5. The van der Waals surface area contributed by atoms with Gasteiger partial charge in [0.25, 0.3) is 0 Å². The largest absolute Gasteiger partial charge is 0.495 e. The van der Waals surface area contributed by atoms with E-state index in [9.17, 15) is 9.59 Å². The molecule has 9 rings (SSSR count). The van der Waals surface area contributed by atoms with E-state index in [1.165, 1.54) is 25.7 Å². The summed E-state index contributed by atoms with van der Waals surface area (Å²) in [6.07, 6.45) is 9.50. The number of halogens is 1. The monoisotopic (exact) mass is 774 g/mol. The van der Waals surface area contributed by atoms with Gasteiger partial charge in [-0.2, -0.15) is 0 Å². The molecule has 2 aromatic carbocycles. The molecule has 0 bridgehead atoms. The molecule has 0 unspecified atom stereocenters. The van der Waals surface area contributed by atoms with E-state index >= 15 is 0 Å². The Labute approximate surface area is 313 Å². The lowest BCUT2D eigenvalue weighted by Gasteiger charge is -2.32. The van der Waals surface area contributed by atoms with Crippen molar-refractivity contribution in [2.75, 3.05) is 13.1 Å². The van der Waals surface area contributed by atoms with Crippen LogP contribution >= 0.6 is 15.9 Å². The van der Waals surface area contributed by atoms with Crippen LogP contribution in [0.1, 0.15) is 92.2 Å². The summed E-state index contributed by atoms with van der Waals surface area (Å²) in [5.74, 6) is 2.22. The number of rotatable bonds is 9. The Bertz CT molecular complexity index is 2010. The molecular weight excluding hydrogens is 727 g/mol. The topological polar surface area (TPSA) is 131 Å². The summed E-state index contributed by atoms with van der Waals surface area (Å²) in [6.45, 7) is 13.6. The molecule has 4 aromatic rings. The number of carbonyl (C=O) groups is 2. The highest BCUT2D eigenvalue weighted by molar-refractivity contribution is 9.10. The minimum atomic E-state index is -0.474. The molecule has 12 nitrogen and oxygen atoms in total. The van der Waals surface area contributed by atoms with Crippen molar-refractivity contribution in [3.05, 3.63) is 41.4 Å². The van der Waals surface area contributed by atoms with Crippen molar-refractivity contribution in [2.45, 2.75) is 116 Å². The van der Waals surface area contributed by atoms with Crippen molar-refractivity contribution in [2.24, 2.45) is 11.8 Å². The van der Waals surface area contributed by atoms with Crippen LogP contribution < -0.4 is 25.6 Å². The van der Waals surface area contributed by atoms with Gasteiger partial charge >= 0.3 is 7.12 Å². The third-order valence-electron chi connectivity index (χ3n) is 11.6. The lowest BCUT2D eigenvalue weighted by atomic mass is 9.78. The van der Waals surface area contributed by atoms with Gasteiger partial charge in [0.05, 0.1) is 34.9 Å². The molecule has 276 valence electrons. The molecular formula is C38H48BBrN6O6. The first-order valence-electron chi connectivity index (χ1n) is 18.6. The normalized spacial score (nSPS) is 24.8. The first-order chi connectivity index (χ1) is 24.8. The van der Waals surface area contributed by atoms with E-state index in [2.05, 4.69) is 79.4 Å². The number of nitrogens with zero attached hydrogens (tertiary/aromatic N) is 4. The number of nitrogens with one attached hydrogen (secondary N) is 2. The van der Waals surface area contributed by atoms with Crippen LogP contribution in [-0.2, 0) is 18.9 Å². The van der Waals surface area contributed by atoms with Gasteiger partial charge in [-0.1, -0.05) is 15.9 Å². The molecule has 52 heavy (non-hydrogen) atoms. The summed E-state index contributed by atoms with van der Waals surface area (Å²) in [7, 11) is -0.474. The Morgan fingerprint density at radius 1 is 0.769 bits per heavy atom. The lowest BCUT2D eigenvalue weighted by molar-refractivity contribution is -0.120. The van der Waals surface area contributed by atoms with Crippen LogP contribution in [0, 0.1) is 11.8 Å². The molecule has 3 aliphatic heterocycles. The van der Waals surface area contributed by atoms with E-state index in [-0.39, 0.29) is 35.9 Å². The van der Waals surface area contributed by atoms with Crippen LogP contribution in [0.5, 0.6) is 11.5 Å². The van der Waals surface area contributed by atoms with Crippen molar-refractivity contribution >= 4 is 62.4 Å². The smallest absolute Gasteiger partial charge is 0.488 e. The third kappa shape index (κ3) is 6.93. The molecule has 4 atom stereocenters. The van der Waals surface area contributed by atoms with Crippen LogP contribution in [0.15, 0.2) is 41.4 Å². The molecule has 2 aromatic heterocycles. The molecule has 2 N–H and O–H groups in total. The van der Waals surface area contributed by atoms with E-state index < -0.39 is 18.3 Å². The average molecular weight is 776 g/mol. The Morgan fingerprint density at radius 3 is 1.67 bits per heavy atom. The number of fused-ring (bicyclic) bond motifs is 2. The minimum absolute atomic E-state index is 0.0148. The van der Waals surface area contributed by atoms with Gasteiger partial charge in [0.1, 0.15) is 34.7 Å². The van der Waals surface area contributed by atoms with Gasteiger partial charge in [0.2, 0.25) is 11.8 Å². The summed E-state index contributed by atoms with van der Waals surface area (Å²) in [6, 6.07) is 9.15. The quantitative estimate of drug-likeness (QED) is 0.210. The summed E-state index contributed by atoms with van der Waals surface area (Å²) in [5, 5.41) is 5.78. The van der Waals surface area contributed by atoms with Gasteiger partial charge < -0.3 is 38.6 Å². The zero-order valence-corrected chi connectivity index (χ0v) is 32.4. The Morgan fingerprint density at radius 2 is 1.23 bits per heavy atom. The standard InChI is InChI=1S/C22H30BN3O4.C16H18BrN3O2/c1-13(14-8-19(27)24-11-14)28-18-10-15(23-29-21(2,3)22(4,5)30-23)9-17-20(18)26(12-25-17)16-6-7-16;1-9(10-4-15(21)18-7-10)22-14-6-11(17)5-13-16(14)20(8-19-13)12-2-3-12/h9-10,12-14,16H,6-8,11H2,1-5H3,(H,24,27);5-6,8-10,12H,2-4,7H2,1H3,(H,18,21)/t13-,14-;9-,10-/m11/s1. The maximum atomic E-state index is 11.7. The molecule has 3 saturated heterocycles. The second-order valence-corrected chi connectivity index (χ2v) is 17.1. The number of imidazole rings is 2. The van der Waals surface area contributed by atoms with Crippen molar-refractivity contribution in [3.8, 4) is 11.5 Å². The fourth-order valence-electron chi connectivity index (χ4n) is 7.32. The zero-order valence-electron chi connectivity index (χ0n) is 30.8. The van der Waals surface area contributed by atoms with Crippen LogP contribution in [0.25, 0.3) is 22.1 Å². The van der Waals surface area contributed by atoms with Crippen LogP contribution in [-0.4, -0.2) is 74.5 Å². The van der Waals surface area contributed by atoms with E-state index in [4.69, 9.17) is 18.8 Å². The van der Waals surface area contributed by atoms with Gasteiger partial charge in [0.15, 0.2) is 0 Å². The summed E-state index contributed by atoms with van der Waals surface area (Å²) < 4.78 is 30.7. The molecule has 2 saturated carbocycles. The molecule has 2 amide bonds. The highest BCUT2D eigenvalue weighted by Crippen LogP contribution is 2.42. The summed E-state index contributed by atoms with van der Waals surface area (Å²) >= 11 is 3.53. The number of carbonyl (C=O) groups excluding carboxylic acids is 2. The highest BCUT2D eigenvalue weighted by atomic mass is 79.9. The Hall–Kier alpha value is -3.62. The minimum Gasteiger partial charge on any atom is -0.488 e. The number of hydrogen-bond donors (Lipinski definition) is 2.